The molecule has 0 bridgehead atoms. The summed E-state index contributed by atoms with van der Waals surface area (Å²) in [6.45, 7) is 4.73. The Morgan fingerprint density at radius 3 is 1.44 bits per heavy atom. The van der Waals surface area contributed by atoms with E-state index >= 15 is 0 Å². The zero-order valence-corrected chi connectivity index (χ0v) is 41.7. The monoisotopic (exact) mass is 890 g/mol. The maximum absolute atomic E-state index is 12.9. The summed E-state index contributed by atoms with van der Waals surface area (Å²) in [7, 11) is 1.54. The first-order valence-electron chi connectivity index (χ1n) is 25.3. The third-order valence-electron chi connectivity index (χ3n) is 10.9. The van der Waals surface area contributed by atoms with Crippen molar-refractivity contribution < 1.29 is 32.9 Å². The van der Waals surface area contributed by atoms with Gasteiger partial charge in [-0.25, -0.2) is 4.57 Å². The minimum Gasteiger partial charge on any atom is -0.387 e. The fraction of sp³-hybridized carbons (Fsp3) is 0.755. The molecule has 0 aliphatic rings. The second kappa shape index (κ2) is 44.2. The van der Waals surface area contributed by atoms with Crippen LogP contribution in [0.3, 0.4) is 0 Å². The van der Waals surface area contributed by atoms with Crippen LogP contribution in [0.1, 0.15) is 206 Å². The highest BCUT2D eigenvalue weighted by Gasteiger charge is 2.27. The molecule has 9 heteroatoms. The first-order chi connectivity index (χ1) is 30.0. The Labute approximate surface area is 383 Å². The third-order valence-corrected chi connectivity index (χ3v) is 11.9. The number of nitrogens with one attached hydrogen (secondary N) is 1. The molecule has 0 aromatic carbocycles. The molecule has 0 fully saturated rings. The van der Waals surface area contributed by atoms with Crippen LogP contribution in [0, 0.1) is 0 Å². The van der Waals surface area contributed by atoms with Gasteiger partial charge in [-0.1, -0.05) is 189 Å². The van der Waals surface area contributed by atoms with Crippen LogP contribution >= 0.6 is 7.82 Å². The highest BCUT2D eigenvalue weighted by molar-refractivity contribution is 7.47. The number of nitrogens with zero attached hydrogens (tertiary/aromatic N) is 1. The fourth-order valence-corrected chi connectivity index (χ4v) is 7.58. The van der Waals surface area contributed by atoms with Crippen LogP contribution < -0.4 is 5.32 Å². The largest absolute Gasteiger partial charge is 0.472 e. The summed E-state index contributed by atoms with van der Waals surface area (Å²) in [6.07, 6.45) is 59.9. The van der Waals surface area contributed by atoms with Crippen molar-refractivity contribution in [1.29, 1.82) is 0 Å². The van der Waals surface area contributed by atoms with E-state index in [-0.39, 0.29) is 19.1 Å². The van der Waals surface area contributed by atoms with E-state index in [1.165, 1.54) is 122 Å². The van der Waals surface area contributed by atoms with Crippen LogP contribution in [-0.2, 0) is 18.4 Å². The van der Waals surface area contributed by atoms with Gasteiger partial charge in [0.1, 0.15) is 13.2 Å². The number of amides is 1. The van der Waals surface area contributed by atoms with Crippen molar-refractivity contribution in [2.75, 3.05) is 40.9 Å². The normalized spacial score (nSPS) is 14.8. The smallest absolute Gasteiger partial charge is 0.387 e. The van der Waals surface area contributed by atoms with Crippen molar-refractivity contribution in [3.63, 3.8) is 0 Å². The number of hydrogen-bond acceptors (Lipinski definition) is 5. The molecule has 8 nitrogen and oxygen atoms in total. The average molecular weight is 890 g/mol. The van der Waals surface area contributed by atoms with Gasteiger partial charge in [-0.15, -0.1) is 0 Å². The molecule has 0 radical (unpaired) electrons. The van der Waals surface area contributed by atoms with Gasteiger partial charge in [0.2, 0.25) is 5.91 Å². The number of phosphoric acid groups is 1. The number of hydrogen-bond donors (Lipinski definition) is 3. The number of allylic oxidation sites excluding steroid dienone is 11. The van der Waals surface area contributed by atoms with Gasteiger partial charge < -0.3 is 19.8 Å². The van der Waals surface area contributed by atoms with Crippen LogP contribution in [0.5, 0.6) is 0 Å². The minimum atomic E-state index is -4.35. The van der Waals surface area contributed by atoms with E-state index in [1.807, 2.05) is 27.2 Å². The van der Waals surface area contributed by atoms with E-state index in [2.05, 4.69) is 79.9 Å². The quantitative estimate of drug-likeness (QED) is 0.0243. The molecule has 3 unspecified atom stereocenters. The molecule has 0 aliphatic heterocycles. The summed E-state index contributed by atoms with van der Waals surface area (Å²) in [5.41, 5.74) is 0. The first-order valence-corrected chi connectivity index (χ1v) is 26.8. The number of quaternary nitrogens is 1. The number of aliphatic hydroxyl groups excluding tert-OH is 1. The first kappa shape index (κ1) is 59.9. The lowest BCUT2D eigenvalue weighted by molar-refractivity contribution is -0.870. The van der Waals surface area contributed by atoms with Crippen LogP contribution in [0.4, 0.5) is 0 Å². The molecule has 0 spiro atoms. The molecule has 3 N–H and O–H groups in total. The summed E-state index contributed by atoms with van der Waals surface area (Å²) in [6, 6.07) is -0.873. The van der Waals surface area contributed by atoms with Gasteiger partial charge in [0.05, 0.1) is 39.9 Å². The number of unbranched alkanes of at least 4 members (excludes halogenated alkanes) is 22. The molecule has 0 aromatic rings. The average Bonchev–Trinajstić information content (AvgIpc) is 3.23. The van der Waals surface area contributed by atoms with Gasteiger partial charge in [-0.05, 0) is 83.5 Å². The summed E-state index contributed by atoms with van der Waals surface area (Å²) < 4.78 is 23.6. The van der Waals surface area contributed by atoms with Gasteiger partial charge in [0.25, 0.3) is 0 Å². The van der Waals surface area contributed by atoms with Gasteiger partial charge in [-0.3, -0.25) is 13.8 Å². The molecular formula is C53H98N2O6P+. The Morgan fingerprint density at radius 1 is 0.548 bits per heavy atom. The zero-order valence-electron chi connectivity index (χ0n) is 40.8. The highest BCUT2D eigenvalue weighted by Crippen LogP contribution is 2.43. The van der Waals surface area contributed by atoms with Crippen LogP contribution in [0.25, 0.3) is 0 Å². The minimum absolute atomic E-state index is 0.0503. The van der Waals surface area contributed by atoms with E-state index in [0.29, 0.717) is 17.4 Å². The molecule has 0 saturated heterocycles. The Kier molecular flexibility index (Phi) is 42.7. The molecule has 0 aromatic heterocycles. The summed E-state index contributed by atoms with van der Waals surface area (Å²) >= 11 is 0. The standard InChI is InChI=1S/C53H97N2O6P/c1-6-8-10-12-14-16-18-20-21-22-23-24-25-26-27-28-29-30-31-32-33-35-37-39-41-43-45-47-53(57)54-51(50-61-62(58,59)60-49-48-55(3,4)5)52(56)46-44-42-40-38-36-34-19-17-15-13-11-9-7-2/h15,17-18,20,22-23,25-26,36,38,44,46,51-52,56H,6-14,16,19,21,24,27-35,37,39-43,45,47-50H2,1-5H3,(H-,54,57,58,59)/p+1/b17-15+,20-18-,23-22-,26-25-,38-36+,46-44+. The third kappa shape index (κ3) is 45.9. The predicted octanol–water partition coefficient (Wildman–Crippen LogP) is 14.8. The topological polar surface area (TPSA) is 105 Å². The maximum atomic E-state index is 12.9. The summed E-state index contributed by atoms with van der Waals surface area (Å²) in [5, 5.41) is 13.8. The van der Waals surface area contributed by atoms with E-state index in [1.54, 1.807) is 6.08 Å². The molecule has 1 amide bonds. The lowest BCUT2D eigenvalue weighted by atomic mass is 10.0. The fourth-order valence-electron chi connectivity index (χ4n) is 6.84. The Balaban J connectivity index is 4.25. The number of carbonyl (C=O) groups is 1. The molecular weight excluding hydrogens is 792 g/mol. The van der Waals surface area contributed by atoms with Crippen LogP contribution in [-0.4, -0.2) is 73.4 Å². The van der Waals surface area contributed by atoms with Crippen LogP contribution in [0.15, 0.2) is 72.9 Å². The van der Waals surface area contributed by atoms with Crippen molar-refractivity contribution in [3.8, 4) is 0 Å². The molecule has 0 heterocycles. The molecule has 0 saturated carbocycles. The number of carbonyl (C=O) groups excluding carboxylic acids is 1. The van der Waals surface area contributed by atoms with Gasteiger partial charge in [0.15, 0.2) is 0 Å². The lowest BCUT2D eigenvalue weighted by Gasteiger charge is -2.25. The molecule has 62 heavy (non-hydrogen) atoms. The predicted molar refractivity (Wildman–Crippen MR) is 267 cm³/mol. The van der Waals surface area contributed by atoms with E-state index in [0.717, 1.165) is 64.2 Å². The molecule has 360 valence electrons. The number of rotatable bonds is 45. The Bertz CT molecular complexity index is 1240. The Hall–Kier alpha value is -2.06. The van der Waals surface area contributed by atoms with E-state index < -0.39 is 20.0 Å². The van der Waals surface area contributed by atoms with Crippen molar-refractivity contribution in [2.45, 2.75) is 219 Å². The highest BCUT2D eigenvalue weighted by atomic mass is 31.2. The molecule has 3 atom stereocenters. The van der Waals surface area contributed by atoms with Gasteiger partial charge in [0, 0.05) is 6.42 Å². The molecule has 0 aliphatic carbocycles. The van der Waals surface area contributed by atoms with Gasteiger partial charge in [-0.2, -0.15) is 0 Å². The van der Waals surface area contributed by atoms with E-state index in [4.69, 9.17) is 9.05 Å². The van der Waals surface area contributed by atoms with Gasteiger partial charge >= 0.3 is 7.82 Å². The Morgan fingerprint density at radius 2 is 0.935 bits per heavy atom. The zero-order chi connectivity index (χ0) is 45.7. The van der Waals surface area contributed by atoms with Crippen molar-refractivity contribution in [1.82, 2.24) is 5.32 Å². The maximum Gasteiger partial charge on any atom is 0.472 e. The SMILES string of the molecule is CCCCC/C=C/CC/C=C/CC/C=C/C(O)C(COP(=O)(O)OCC[N+](C)(C)C)NC(=O)CCCCCCCCCCCCCC/C=C\C/C=C\C/C=C\CCCCCCC. The number of aliphatic hydroxyl groups is 1. The lowest BCUT2D eigenvalue weighted by Crippen LogP contribution is -2.45. The number of likely N-dealkylation sites (N-methyl/N-ethyl adjacent to an activating group) is 1. The summed E-state index contributed by atoms with van der Waals surface area (Å²) in [5.74, 6) is -0.197. The van der Waals surface area contributed by atoms with Crippen molar-refractivity contribution in [3.05, 3.63) is 72.9 Å². The second-order valence-corrected chi connectivity index (χ2v) is 19.6. The second-order valence-electron chi connectivity index (χ2n) is 18.2. The van der Waals surface area contributed by atoms with Crippen molar-refractivity contribution in [2.24, 2.45) is 0 Å². The molecule has 0 rings (SSSR count). The van der Waals surface area contributed by atoms with Crippen molar-refractivity contribution >= 4 is 13.7 Å². The van der Waals surface area contributed by atoms with Crippen LogP contribution in [0.2, 0.25) is 0 Å². The van der Waals surface area contributed by atoms with E-state index in [9.17, 15) is 19.4 Å². The number of phosphoric ester groups is 1. The summed E-state index contributed by atoms with van der Waals surface area (Å²) in [4.78, 5) is 23.2.